The van der Waals surface area contributed by atoms with Gasteiger partial charge in [-0.25, -0.2) is 14.4 Å². The molecule has 0 bridgehead atoms. The Hall–Kier alpha value is -3.55. The van der Waals surface area contributed by atoms with Gasteiger partial charge in [0.15, 0.2) is 0 Å². The second-order valence-corrected chi connectivity index (χ2v) is 7.19. The van der Waals surface area contributed by atoms with E-state index in [0.717, 1.165) is 24.9 Å². The van der Waals surface area contributed by atoms with E-state index in [0.29, 0.717) is 29.9 Å². The van der Waals surface area contributed by atoms with Crippen LogP contribution in [0.3, 0.4) is 0 Å². The Balaban J connectivity index is 1.43. The van der Waals surface area contributed by atoms with Crippen molar-refractivity contribution in [1.29, 1.82) is 0 Å². The standard InChI is InChI=1S/C22H22FN5O2/c1-15-4-2-11-24-20(15)27-21(29)16-5-3-13-28(14-16)22-25-12-10-19(26-22)30-18-8-6-17(23)7-9-18/h2,4,6-12,16H,3,5,13-14H2,1H3,(H,24,27,29). The van der Waals surface area contributed by atoms with Crippen molar-refractivity contribution in [3.8, 4) is 11.6 Å². The van der Waals surface area contributed by atoms with Crippen LogP contribution in [0.1, 0.15) is 18.4 Å². The van der Waals surface area contributed by atoms with E-state index in [1.165, 1.54) is 24.3 Å². The summed E-state index contributed by atoms with van der Waals surface area (Å²) >= 11 is 0. The number of anilines is 2. The number of carbonyl (C=O) groups is 1. The van der Waals surface area contributed by atoms with Crippen molar-refractivity contribution in [3.05, 3.63) is 66.2 Å². The molecule has 7 nitrogen and oxygen atoms in total. The van der Waals surface area contributed by atoms with Gasteiger partial charge in [0, 0.05) is 31.5 Å². The third-order valence-electron chi connectivity index (χ3n) is 4.98. The summed E-state index contributed by atoms with van der Waals surface area (Å²) in [6.45, 7) is 3.18. The molecule has 1 amide bonds. The Morgan fingerprint density at radius 2 is 2.00 bits per heavy atom. The highest BCUT2D eigenvalue weighted by molar-refractivity contribution is 5.92. The van der Waals surface area contributed by atoms with Crippen LogP contribution < -0.4 is 15.0 Å². The van der Waals surface area contributed by atoms with E-state index < -0.39 is 0 Å². The van der Waals surface area contributed by atoms with E-state index in [1.807, 2.05) is 24.0 Å². The van der Waals surface area contributed by atoms with Crippen molar-refractivity contribution in [2.75, 3.05) is 23.3 Å². The lowest BCUT2D eigenvalue weighted by Crippen LogP contribution is -2.41. The molecule has 2 aromatic heterocycles. The molecule has 3 heterocycles. The molecule has 8 heteroatoms. The van der Waals surface area contributed by atoms with Crippen molar-refractivity contribution in [1.82, 2.24) is 15.0 Å². The normalized spacial score (nSPS) is 16.2. The van der Waals surface area contributed by atoms with Crippen LogP contribution in [0.15, 0.2) is 54.9 Å². The number of piperidine rings is 1. The average molecular weight is 407 g/mol. The second-order valence-electron chi connectivity index (χ2n) is 7.19. The van der Waals surface area contributed by atoms with Gasteiger partial charge in [0.05, 0.1) is 5.92 Å². The maximum atomic E-state index is 13.1. The van der Waals surface area contributed by atoms with E-state index in [2.05, 4.69) is 20.3 Å². The van der Waals surface area contributed by atoms with Crippen LogP contribution in [0.5, 0.6) is 11.6 Å². The van der Waals surface area contributed by atoms with Crippen LogP contribution in [0.4, 0.5) is 16.2 Å². The van der Waals surface area contributed by atoms with Crippen molar-refractivity contribution >= 4 is 17.7 Å². The molecule has 1 fully saturated rings. The number of rotatable bonds is 5. The molecular formula is C22H22FN5O2. The van der Waals surface area contributed by atoms with Gasteiger partial charge in [0.25, 0.3) is 0 Å². The van der Waals surface area contributed by atoms with Crippen LogP contribution in [0, 0.1) is 18.7 Å². The summed E-state index contributed by atoms with van der Waals surface area (Å²) in [5.41, 5.74) is 0.924. The molecule has 1 saturated heterocycles. The molecular weight excluding hydrogens is 385 g/mol. The van der Waals surface area contributed by atoms with Crippen molar-refractivity contribution in [2.45, 2.75) is 19.8 Å². The van der Waals surface area contributed by atoms with E-state index >= 15 is 0 Å². The fourth-order valence-corrected chi connectivity index (χ4v) is 3.37. The van der Waals surface area contributed by atoms with E-state index in [9.17, 15) is 9.18 Å². The molecule has 154 valence electrons. The first-order valence-electron chi connectivity index (χ1n) is 9.82. The lowest BCUT2D eigenvalue weighted by atomic mass is 9.97. The van der Waals surface area contributed by atoms with Crippen LogP contribution in [0.2, 0.25) is 0 Å². The summed E-state index contributed by atoms with van der Waals surface area (Å²) in [4.78, 5) is 27.8. The van der Waals surface area contributed by atoms with E-state index in [1.54, 1.807) is 18.5 Å². The van der Waals surface area contributed by atoms with Crippen LogP contribution >= 0.6 is 0 Å². The number of benzene rings is 1. The van der Waals surface area contributed by atoms with Gasteiger partial charge >= 0.3 is 0 Å². The van der Waals surface area contributed by atoms with Crippen LogP contribution in [-0.2, 0) is 4.79 Å². The van der Waals surface area contributed by atoms with E-state index in [-0.39, 0.29) is 17.6 Å². The monoisotopic (exact) mass is 407 g/mol. The zero-order valence-corrected chi connectivity index (χ0v) is 16.6. The quantitative estimate of drug-likeness (QED) is 0.689. The van der Waals surface area contributed by atoms with Crippen molar-refractivity contribution < 1.29 is 13.9 Å². The number of halogens is 1. The van der Waals surface area contributed by atoms with Gasteiger partial charge in [-0.05, 0) is 55.7 Å². The van der Waals surface area contributed by atoms with Gasteiger partial charge in [-0.15, -0.1) is 0 Å². The molecule has 0 aliphatic carbocycles. The van der Waals surface area contributed by atoms with Gasteiger partial charge in [-0.2, -0.15) is 4.98 Å². The number of pyridine rings is 1. The zero-order valence-electron chi connectivity index (χ0n) is 16.6. The third kappa shape index (κ3) is 4.71. The number of hydrogen-bond donors (Lipinski definition) is 1. The van der Waals surface area contributed by atoms with Crippen molar-refractivity contribution in [2.24, 2.45) is 5.92 Å². The molecule has 30 heavy (non-hydrogen) atoms. The lowest BCUT2D eigenvalue weighted by Gasteiger charge is -2.32. The lowest BCUT2D eigenvalue weighted by molar-refractivity contribution is -0.120. The highest BCUT2D eigenvalue weighted by atomic mass is 19.1. The fourth-order valence-electron chi connectivity index (χ4n) is 3.37. The Morgan fingerprint density at radius 3 is 2.80 bits per heavy atom. The number of nitrogens with zero attached hydrogens (tertiary/aromatic N) is 4. The highest BCUT2D eigenvalue weighted by Crippen LogP contribution is 2.25. The van der Waals surface area contributed by atoms with E-state index in [4.69, 9.17) is 4.74 Å². The summed E-state index contributed by atoms with van der Waals surface area (Å²) in [7, 11) is 0. The molecule has 1 unspecified atom stereocenters. The minimum Gasteiger partial charge on any atom is -0.439 e. The van der Waals surface area contributed by atoms with Crippen LogP contribution in [0.25, 0.3) is 0 Å². The first-order valence-corrected chi connectivity index (χ1v) is 9.82. The molecule has 3 aromatic rings. The first kappa shape index (κ1) is 19.8. The highest BCUT2D eigenvalue weighted by Gasteiger charge is 2.28. The predicted molar refractivity (Wildman–Crippen MR) is 111 cm³/mol. The summed E-state index contributed by atoms with van der Waals surface area (Å²) in [5, 5.41) is 2.93. The largest absolute Gasteiger partial charge is 0.439 e. The molecule has 1 N–H and O–H groups in total. The Morgan fingerprint density at radius 1 is 1.17 bits per heavy atom. The van der Waals surface area contributed by atoms with Gasteiger partial charge in [-0.3, -0.25) is 4.79 Å². The minimum absolute atomic E-state index is 0.0554. The topological polar surface area (TPSA) is 80.2 Å². The van der Waals surface area contributed by atoms with Crippen LogP contribution in [-0.4, -0.2) is 33.9 Å². The third-order valence-corrected chi connectivity index (χ3v) is 4.98. The summed E-state index contributed by atoms with van der Waals surface area (Å²) in [6, 6.07) is 11.1. The smallest absolute Gasteiger partial charge is 0.230 e. The van der Waals surface area contributed by atoms with Gasteiger partial charge in [0.2, 0.25) is 17.7 Å². The maximum Gasteiger partial charge on any atom is 0.230 e. The molecule has 0 radical (unpaired) electrons. The van der Waals surface area contributed by atoms with Gasteiger partial charge in [-0.1, -0.05) is 6.07 Å². The van der Waals surface area contributed by atoms with Gasteiger partial charge < -0.3 is 15.0 Å². The summed E-state index contributed by atoms with van der Waals surface area (Å²) < 4.78 is 18.8. The molecule has 1 aromatic carbocycles. The molecule has 4 rings (SSSR count). The zero-order chi connectivity index (χ0) is 20.9. The van der Waals surface area contributed by atoms with Crippen molar-refractivity contribution in [3.63, 3.8) is 0 Å². The second kappa shape index (κ2) is 8.86. The number of ether oxygens (including phenoxy) is 1. The number of carbonyl (C=O) groups excluding carboxylic acids is 1. The van der Waals surface area contributed by atoms with Gasteiger partial charge in [0.1, 0.15) is 17.4 Å². The number of amides is 1. The molecule has 1 aliphatic heterocycles. The first-order chi connectivity index (χ1) is 14.6. The SMILES string of the molecule is Cc1cccnc1NC(=O)C1CCCN(c2nccc(Oc3ccc(F)cc3)n2)C1. The predicted octanol–water partition coefficient (Wildman–Crippen LogP) is 3.97. The maximum absolute atomic E-state index is 13.1. The molecule has 0 spiro atoms. The molecule has 1 atom stereocenters. The number of nitrogens with one attached hydrogen (secondary N) is 1. The number of aryl methyl sites for hydroxylation is 1. The number of hydrogen-bond acceptors (Lipinski definition) is 6. The average Bonchev–Trinajstić information content (AvgIpc) is 2.77. The Bertz CT molecular complexity index is 1030. The Kier molecular flexibility index (Phi) is 5.83. The molecule has 1 aliphatic rings. The minimum atomic E-state index is -0.329. The molecule has 0 saturated carbocycles. The Labute approximate surface area is 174 Å². The summed E-state index contributed by atoms with van der Waals surface area (Å²) in [6.07, 6.45) is 4.92. The number of aromatic nitrogens is 3. The fraction of sp³-hybridized carbons (Fsp3) is 0.273. The summed E-state index contributed by atoms with van der Waals surface area (Å²) in [5.74, 6) is 1.37.